The van der Waals surface area contributed by atoms with E-state index in [4.69, 9.17) is 0 Å². The predicted molar refractivity (Wildman–Crippen MR) is 63.8 cm³/mol. The van der Waals surface area contributed by atoms with Crippen molar-refractivity contribution in [2.75, 3.05) is 0 Å². The number of fused-ring (bicyclic) bond motifs is 5. The van der Waals surface area contributed by atoms with Crippen LogP contribution in [0.3, 0.4) is 0 Å². The van der Waals surface area contributed by atoms with Gasteiger partial charge in [0.25, 0.3) is 0 Å². The second-order valence-electron chi connectivity index (χ2n) is 6.01. The molecule has 0 radical (unpaired) electrons. The van der Waals surface area contributed by atoms with Crippen LogP contribution in [0.4, 0.5) is 0 Å². The Morgan fingerprint density at radius 3 is 2.69 bits per heavy atom. The fourth-order valence-corrected chi connectivity index (χ4v) is 4.53. The largest absolute Gasteiger partial charge is 0.349 e. The van der Waals surface area contributed by atoms with Gasteiger partial charge in [-0.1, -0.05) is 13.0 Å². The summed E-state index contributed by atoms with van der Waals surface area (Å²) in [6.07, 6.45) is 6.88. The molecule has 1 N–H and O–H groups in total. The lowest BCUT2D eigenvalue weighted by atomic mass is 9.79. The number of hydrogen-bond acceptors (Lipinski definition) is 1. The van der Waals surface area contributed by atoms with Gasteiger partial charge in [0, 0.05) is 11.6 Å². The summed E-state index contributed by atoms with van der Waals surface area (Å²) in [5.41, 5.74) is 0.644. The maximum absolute atomic E-state index is 11.7. The van der Waals surface area contributed by atoms with Gasteiger partial charge in [0.15, 0.2) is 0 Å². The first kappa shape index (κ1) is 10.4. The van der Waals surface area contributed by atoms with Gasteiger partial charge in [-0.15, -0.1) is 0 Å². The van der Waals surface area contributed by atoms with Gasteiger partial charge in [-0.3, -0.25) is 4.79 Å². The topological polar surface area (TPSA) is 29.1 Å². The molecule has 0 heterocycles. The molecular formula is C14H21NO. The van der Waals surface area contributed by atoms with E-state index in [9.17, 15) is 4.79 Å². The van der Waals surface area contributed by atoms with Crippen molar-refractivity contribution in [3.63, 3.8) is 0 Å². The molecule has 3 saturated carbocycles. The number of carbonyl (C=O) groups is 1. The molecule has 0 aromatic carbocycles. The molecule has 16 heavy (non-hydrogen) atoms. The van der Waals surface area contributed by atoms with Gasteiger partial charge in [0.05, 0.1) is 0 Å². The summed E-state index contributed by atoms with van der Waals surface area (Å²) in [4.78, 5) is 11.7. The van der Waals surface area contributed by atoms with E-state index in [0.29, 0.717) is 11.6 Å². The second-order valence-corrected chi connectivity index (χ2v) is 6.01. The molecule has 5 unspecified atom stereocenters. The minimum Gasteiger partial charge on any atom is -0.349 e. The Labute approximate surface area is 97.5 Å². The Morgan fingerprint density at radius 2 is 1.94 bits per heavy atom. The van der Waals surface area contributed by atoms with E-state index in [1.165, 1.54) is 32.1 Å². The molecule has 0 aromatic rings. The van der Waals surface area contributed by atoms with E-state index in [2.05, 4.69) is 11.9 Å². The first-order chi connectivity index (χ1) is 7.66. The molecule has 88 valence electrons. The molecule has 2 heteroatoms. The first-order valence-electron chi connectivity index (χ1n) is 6.63. The van der Waals surface area contributed by atoms with Gasteiger partial charge in [-0.05, 0) is 56.3 Å². The number of amides is 1. The normalized spacial score (nSPS) is 44.4. The van der Waals surface area contributed by atoms with Crippen LogP contribution in [0, 0.1) is 23.7 Å². The highest BCUT2D eigenvalue weighted by Crippen LogP contribution is 2.58. The zero-order valence-corrected chi connectivity index (χ0v) is 10.0. The molecule has 3 fully saturated rings. The first-order valence-corrected chi connectivity index (χ1v) is 6.63. The van der Waals surface area contributed by atoms with Crippen LogP contribution in [0.5, 0.6) is 0 Å². The highest BCUT2D eigenvalue weighted by Gasteiger charge is 2.53. The molecule has 0 saturated heterocycles. The van der Waals surface area contributed by atoms with Crippen LogP contribution >= 0.6 is 0 Å². The van der Waals surface area contributed by atoms with Crippen LogP contribution in [0.1, 0.15) is 39.0 Å². The van der Waals surface area contributed by atoms with Crippen molar-refractivity contribution in [3.8, 4) is 0 Å². The monoisotopic (exact) mass is 219 g/mol. The zero-order chi connectivity index (χ0) is 11.3. The third-order valence-corrected chi connectivity index (χ3v) is 5.13. The van der Waals surface area contributed by atoms with Gasteiger partial charge >= 0.3 is 0 Å². The lowest BCUT2D eigenvalue weighted by Gasteiger charge is -2.32. The number of hydrogen-bond donors (Lipinski definition) is 1. The second kappa shape index (κ2) is 3.61. The third kappa shape index (κ3) is 1.42. The van der Waals surface area contributed by atoms with Gasteiger partial charge in [-0.25, -0.2) is 0 Å². The minimum absolute atomic E-state index is 0.0621. The quantitative estimate of drug-likeness (QED) is 0.710. The molecule has 3 aliphatic rings. The lowest BCUT2D eigenvalue weighted by Crippen LogP contribution is -2.42. The van der Waals surface area contributed by atoms with Crippen LogP contribution in [-0.4, -0.2) is 11.9 Å². The molecule has 0 aliphatic heterocycles. The van der Waals surface area contributed by atoms with Crippen LogP contribution < -0.4 is 5.32 Å². The maximum Gasteiger partial charge on any atom is 0.246 e. The standard InChI is InChI=1S/C14H21NO/c1-8(2)14(16)15-13-7-9-6-12(13)11-5-3-4-10(9)11/h9-13H,1,3-7H2,2H3,(H,15,16). The molecule has 2 nitrogen and oxygen atoms in total. The summed E-state index contributed by atoms with van der Waals surface area (Å²) in [7, 11) is 0. The third-order valence-electron chi connectivity index (χ3n) is 5.13. The Hall–Kier alpha value is -0.790. The molecule has 3 rings (SSSR count). The molecule has 1 amide bonds. The predicted octanol–water partition coefficient (Wildman–Crippen LogP) is 2.50. The highest BCUT2D eigenvalue weighted by molar-refractivity contribution is 5.92. The lowest BCUT2D eigenvalue weighted by molar-refractivity contribution is -0.118. The zero-order valence-electron chi connectivity index (χ0n) is 10.0. The number of nitrogens with one attached hydrogen (secondary N) is 1. The molecular weight excluding hydrogens is 198 g/mol. The molecule has 5 atom stereocenters. The summed E-state index contributed by atoms with van der Waals surface area (Å²) in [6, 6.07) is 0.452. The summed E-state index contributed by atoms with van der Waals surface area (Å²) in [5.74, 6) is 3.68. The van der Waals surface area contributed by atoms with E-state index >= 15 is 0 Å². The minimum atomic E-state index is 0.0621. The average molecular weight is 219 g/mol. The summed E-state index contributed by atoms with van der Waals surface area (Å²) in [5, 5.41) is 3.18. The van der Waals surface area contributed by atoms with Crippen LogP contribution in [-0.2, 0) is 4.79 Å². The smallest absolute Gasteiger partial charge is 0.246 e. The summed E-state index contributed by atoms with van der Waals surface area (Å²) in [6.45, 7) is 5.51. The van der Waals surface area contributed by atoms with E-state index in [0.717, 1.165) is 23.7 Å². The van der Waals surface area contributed by atoms with Crippen molar-refractivity contribution in [1.29, 1.82) is 0 Å². The van der Waals surface area contributed by atoms with Crippen LogP contribution in [0.25, 0.3) is 0 Å². The van der Waals surface area contributed by atoms with E-state index in [1.807, 2.05) is 0 Å². The molecule has 3 aliphatic carbocycles. The molecule has 0 spiro atoms. The molecule has 2 bridgehead atoms. The SMILES string of the molecule is C=C(C)C(=O)NC1CC2CC1C1CCCC21. The Bertz CT molecular complexity index is 336. The van der Waals surface area contributed by atoms with Gasteiger partial charge in [0.2, 0.25) is 5.91 Å². The Morgan fingerprint density at radius 1 is 1.19 bits per heavy atom. The number of carbonyl (C=O) groups excluding carboxylic acids is 1. The fraction of sp³-hybridized carbons (Fsp3) is 0.786. The summed E-state index contributed by atoms with van der Waals surface area (Å²) >= 11 is 0. The van der Waals surface area contributed by atoms with E-state index in [-0.39, 0.29) is 5.91 Å². The summed E-state index contributed by atoms with van der Waals surface area (Å²) < 4.78 is 0. The van der Waals surface area contributed by atoms with Crippen molar-refractivity contribution >= 4 is 5.91 Å². The maximum atomic E-state index is 11.7. The van der Waals surface area contributed by atoms with Gasteiger partial charge in [0.1, 0.15) is 0 Å². The van der Waals surface area contributed by atoms with Crippen molar-refractivity contribution in [2.24, 2.45) is 23.7 Å². The fourth-order valence-electron chi connectivity index (χ4n) is 4.53. The Kier molecular flexibility index (Phi) is 2.34. The van der Waals surface area contributed by atoms with Crippen molar-refractivity contribution in [2.45, 2.75) is 45.1 Å². The van der Waals surface area contributed by atoms with E-state index < -0.39 is 0 Å². The van der Waals surface area contributed by atoms with Crippen molar-refractivity contribution in [3.05, 3.63) is 12.2 Å². The van der Waals surface area contributed by atoms with Gasteiger partial charge in [-0.2, -0.15) is 0 Å². The Balaban J connectivity index is 1.68. The van der Waals surface area contributed by atoms with Crippen molar-refractivity contribution < 1.29 is 4.79 Å². The van der Waals surface area contributed by atoms with E-state index in [1.54, 1.807) is 6.92 Å². The average Bonchev–Trinajstić information content (AvgIpc) is 2.87. The molecule has 0 aromatic heterocycles. The highest BCUT2D eigenvalue weighted by atomic mass is 16.1. The number of rotatable bonds is 2. The van der Waals surface area contributed by atoms with Crippen molar-refractivity contribution in [1.82, 2.24) is 5.32 Å². The van der Waals surface area contributed by atoms with Crippen LogP contribution in [0.15, 0.2) is 12.2 Å². The van der Waals surface area contributed by atoms with Gasteiger partial charge < -0.3 is 5.32 Å². The van der Waals surface area contributed by atoms with Crippen LogP contribution in [0.2, 0.25) is 0 Å².